The topological polar surface area (TPSA) is 56.7 Å². The van der Waals surface area contributed by atoms with Gasteiger partial charge in [-0.15, -0.1) is 0 Å². The van der Waals surface area contributed by atoms with Crippen LogP contribution in [0.1, 0.15) is 5.69 Å². The molecule has 0 radical (unpaired) electrons. The van der Waals surface area contributed by atoms with Crippen LogP contribution in [-0.4, -0.2) is 21.1 Å². The predicted octanol–water partition coefficient (Wildman–Crippen LogP) is 0.768. The SMILES string of the molecule is NCCc1cccc(-n2ccnc2)n1. The molecule has 4 heteroatoms. The minimum absolute atomic E-state index is 0.625. The maximum atomic E-state index is 5.47. The van der Waals surface area contributed by atoms with Gasteiger partial charge in [-0.2, -0.15) is 0 Å². The first-order valence-electron chi connectivity index (χ1n) is 4.54. The smallest absolute Gasteiger partial charge is 0.138 e. The highest BCUT2D eigenvalue weighted by atomic mass is 15.1. The van der Waals surface area contributed by atoms with Gasteiger partial charge in [0.2, 0.25) is 0 Å². The van der Waals surface area contributed by atoms with Crippen molar-refractivity contribution in [2.75, 3.05) is 6.54 Å². The van der Waals surface area contributed by atoms with Gasteiger partial charge < -0.3 is 5.73 Å². The molecule has 72 valence electrons. The molecular weight excluding hydrogens is 176 g/mol. The molecule has 0 unspecified atom stereocenters. The van der Waals surface area contributed by atoms with Crippen molar-refractivity contribution >= 4 is 0 Å². The summed E-state index contributed by atoms with van der Waals surface area (Å²) in [4.78, 5) is 8.42. The Morgan fingerprint density at radius 2 is 2.29 bits per heavy atom. The third-order valence-electron chi connectivity index (χ3n) is 1.96. The normalized spacial score (nSPS) is 10.4. The number of imidazole rings is 1. The van der Waals surface area contributed by atoms with Crippen LogP contribution in [0.4, 0.5) is 0 Å². The molecule has 0 aromatic carbocycles. The first-order valence-corrected chi connectivity index (χ1v) is 4.54. The first-order chi connectivity index (χ1) is 6.90. The molecule has 0 bridgehead atoms. The highest BCUT2D eigenvalue weighted by molar-refractivity contribution is 5.24. The van der Waals surface area contributed by atoms with Crippen molar-refractivity contribution in [3.63, 3.8) is 0 Å². The highest BCUT2D eigenvalue weighted by Crippen LogP contribution is 2.04. The third-order valence-corrected chi connectivity index (χ3v) is 1.96. The molecule has 0 aliphatic heterocycles. The van der Waals surface area contributed by atoms with Gasteiger partial charge in [-0.05, 0) is 18.7 Å². The summed E-state index contributed by atoms with van der Waals surface area (Å²) in [7, 11) is 0. The van der Waals surface area contributed by atoms with Gasteiger partial charge in [-0.25, -0.2) is 9.97 Å². The zero-order valence-corrected chi connectivity index (χ0v) is 7.80. The van der Waals surface area contributed by atoms with Crippen LogP contribution >= 0.6 is 0 Å². The second-order valence-electron chi connectivity index (χ2n) is 3.00. The quantitative estimate of drug-likeness (QED) is 0.774. The molecule has 2 aromatic rings. The standard InChI is InChI=1S/C10H12N4/c11-5-4-9-2-1-3-10(13-9)14-7-6-12-8-14/h1-3,6-8H,4-5,11H2. The Kier molecular flexibility index (Phi) is 2.55. The fourth-order valence-electron chi connectivity index (χ4n) is 1.29. The average Bonchev–Trinajstić information content (AvgIpc) is 2.71. The maximum Gasteiger partial charge on any atom is 0.138 e. The van der Waals surface area contributed by atoms with E-state index >= 15 is 0 Å². The van der Waals surface area contributed by atoms with Crippen molar-refractivity contribution in [1.82, 2.24) is 14.5 Å². The van der Waals surface area contributed by atoms with E-state index in [0.717, 1.165) is 17.9 Å². The van der Waals surface area contributed by atoms with Gasteiger partial charge in [0.1, 0.15) is 12.1 Å². The lowest BCUT2D eigenvalue weighted by molar-refractivity contribution is 0.893. The summed E-state index contributed by atoms with van der Waals surface area (Å²) < 4.78 is 1.88. The molecule has 0 fully saturated rings. The van der Waals surface area contributed by atoms with Crippen molar-refractivity contribution in [2.45, 2.75) is 6.42 Å². The number of nitrogens with two attached hydrogens (primary N) is 1. The van der Waals surface area contributed by atoms with Gasteiger partial charge >= 0.3 is 0 Å². The molecule has 0 spiro atoms. The molecule has 0 saturated heterocycles. The van der Waals surface area contributed by atoms with E-state index in [1.807, 2.05) is 29.0 Å². The largest absolute Gasteiger partial charge is 0.330 e. The summed E-state index contributed by atoms with van der Waals surface area (Å²) in [5, 5.41) is 0. The van der Waals surface area contributed by atoms with E-state index in [-0.39, 0.29) is 0 Å². The van der Waals surface area contributed by atoms with Crippen LogP contribution in [0.15, 0.2) is 36.9 Å². The van der Waals surface area contributed by atoms with E-state index in [0.29, 0.717) is 6.54 Å². The van der Waals surface area contributed by atoms with Crippen molar-refractivity contribution < 1.29 is 0 Å². The zero-order valence-electron chi connectivity index (χ0n) is 7.80. The molecule has 2 rings (SSSR count). The second kappa shape index (κ2) is 4.02. The Morgan fingerprint density at radius 3 is 3.00 bits per heavy atom. The van der Waals surface area contributed by atoms with Crippen LogP contribution in [0.2, 0.25) is 0 Å². The van der Waals surface area contributed by atoms with Crippen molar-refractivity contribution in [2.24, 2.45) is 5.73 Å². The van der Waals surface area contributed by atoms with Crippen LogP contribution in [0.5, 0.6) is 0 Å². The molecule has 14 heavy (non-hydrogen) atoms. The number of nitrogens with zero attached hydrogens (tertiary/aromatic N) is 3. The number of hydrogen-bond acceptors (Lipinski definition) is 3. The van der Waals surface area contributed by atoms with Gasteiger partial charge in [0.05, 0.1) is 0 Å². The molecule has 0 aliphatic rings. The van der Waals surface area contributed by atoms with Crippen molar-refractivity contribution in [3.05, 3.63) is 42.6 Å². The van der Waals surface area contributed by atoms with E-state index < -0.39 is 0 Å². The van der Waals surface area contributed by atoms with Crippen molar-refractivity contribution in [1.29, 1.82) is 0 Å². The van der Waals surface area contributed by atoms with Crippen LogP contribution < -0.4 is 5.73 Å². The van der Waals surface area contributed by atoms with Crippen molar-refractivity contribution in [3.8, 4) is 5.82 Å². The molecule has 2 N–H and O–H groups in total. The molecule has 0 atom stereocenters. The number of aromatic nitrogens is 3. The Hall–Kier alpha value is -1.68. The summed E-state index contributed by atoms with van der Waals surface area (Å²) in [5.74, 6) is 0.883. The number of hydrogen-bond donors (Lipinski definition) is 1. The summed E-state index contributed by atoms with van der Waals surface area (Å²) in [6.45, 7) is 0.625. The molecule has 4 nitrogen and oxygen atoms in total. The van der Waals surface area contributed by atoms with E-state index in [2.05, 4.69) is 9.97 Å². The lowest BCUT2D eigenvalue weighted by atomic mass is 10.3. The molecule has 0 aliphatic carbocycles. The Labute approximate surface area is 82.4 Å². The minimum atomic E-state index is 0.625. The van der Waals surface area contributed by atoms with Crippen LogP contribution in [0.25, 0.3) is 5.82 Å². The van der Waals surface area contributed by atoms with Gasteiger partial charge in [0.25, 0.3) is 0 Å². The fourth-order valence-corrected chi connectivity index (χ4v) is 1.29. The molecule has 2 aromatic heterocycles. The maximum absolute atomic E-state index is 5.47. The van der Waals surface area contributed by atoms with Crippen LogP contribution in [0, 0.1) is 0 Å². The summed E-state index contributed by atoms with van der Waals surface area (Å²) in [5.41, 5.74) is 6.48. The Balaban J connectivity index is 2.31. The van der Waals surface area contributed by atoms with Gasteiger partial charge in [0, 0.05) is 24.5 Å². The average molecular weight is 188 g/mol. The minimum Gasteiger partial charge on any atom is -0.330 e. The second-order valence-corrected chi connectivity index (χ2v) is 3.00. The van der Waals surface area contributed by atoms with E-state index in [1.54, 1.807) is 12.5 Å². The van der Waals surface area contributed by atoms with Crippen LogP contribution in [-0.2, 0) is 6.42 Å². The zero-order chi connectivity index (χ0) is 9.80. The monoisotopic (exact) mass is 188 g/mol. The van der Waals surface area contributed by atoms with E-state index in [4.69, 9.17) is 5.73 Å². The predicted molar refractivity (Wildman–Crippen MR) is 54.1 cm³/mol. The third kappa shape index (κ3) is 1.80. The Bertz CT molecular complexity index is 394. The summed E-state index contributed by atoms with van der Waals surface area (Å²) in [6, 6.07) is 5.91. The summed E-state index contributed by atoms with van der Waals surface area (Å²) >= 11 is 0. The van der Waals surface area contributed by atoms with Crippen LogP contribution in [0.3, 0.4) is 0 Å². The first kappa shape index (κ1) is 8.90. The van der Waals surface area contributed by atoms with E-state index in [9.17, 15) is 0 Å². The number of pyridine rings is 1. The molecule has 2 heterocycles. The van der Waals surface area contributed by atoms with Gasteiger partial charge in [-0.3, -0.25) is 4.57 Å². The Morgan fingerprint density at radius 1 is 1.36 bits per heavy atom. The molecule has 0 saturated carbocycles. The van der Waals surface area contributed by atoms with E-state index in [1.165, 1.54) is 0 Å². The molecular formula is C10H12N4. The highest BCUT2D eigenvalue weighted by Gasteiger charge is 1.98. The molecule has 0 amide bonds. The summed E-state index contributed by atoms with van der Waals surface area (Å²) in [6.07, 6.45) is 6.14. The number of rotatable bonds is 3. The lowest BCUT2D eigenvalue weighted by Gasteiger charge is -2.03. The lowest BCUT2D eigenvalue weighted by Crippen LogP contribution is -2.05. The van der Waals surface area contributed by atoms with Gasteiger partial charge in [-0.1, -0.05) is 6.07 Å². The van der Waals surface area contributed by atoms with Gasteiger partial charge in [0.15, 0.2) is 0 Å². The fraction of sp³-hybridized carbons (Fsp3) is 0.200.